The van der Waals surface area contributed by atoms with Crippen molar-refractivity contribution in [1.29, 1.82) is 5.26 Å². The summed E-state index contributed by atoms with van der Waals surface area (Å²) in [6.45, 7) is 1.35. The van der Waals surface area contributed by atoms with Crippen molar-refractivity contribution in [2.45, 2.75) is 32.3 Å². The molecule has 0 bridgehead atoms. The topological polar surface area (TPSA) is 79.5 Å². The van der Waals surface area contributed by atoms with E-state index in [2.05, 4.69) is 10.8 Å². The van der Waals surface area contributed by atoms with Crippen molar-refractivity contribution in [3.8, 4) is 6.07 Å². The quantitative estimate of drug-likeness (QED) is 0.526. The van der Waals surface area contributed by atoms with Crippen molar-refractivity contribution in [2.75, 3.05) is 13.2 Å². The number of unbranched alkanes of at least 4 members (excludes halogenated alkanes) is 1. The number of hydrogen-bond acceptors (Lipinski definition) is 4. The maximum absolute atomic E-state index is 10.2. The van der Waals surface area contributed by atoms with Crippen molar-refractivity contribution in [3.63, 3.8) is 0 Å². The van der Waals surface area contributed by atoms with Crippen LogP contribution in [0.2, 0.25) is 0 Å². The molecule has 1 atom stereocenters. The van der Waals surface area contributed by atoms with E-state index in [1.54, 1.807) is 0 Å². The van der Waals surface area contributed by atoms with Gasteiger partial charge in [-0.05, 0) is 31.2 Å². The van der Waals surface area contributed by atoms with E-state index in [0.717, 1.165) is 24.8 Å². The fraction of sp³-hybridized carbons (Fsp3) is 0.500. The standard InChI is InChI=1S/C16H21NO4/c17-12-14(9-11-21-16(18)19)6-4-5-10-20-13-15-7-2-1-3-8-15/h1-3,7-8,14H,4-6,9-11,13H2,(H,18,19). The van der Waals surface area contributed by atoms with Gasteiger partial charge in [0.2, 0.25) is 0 Å². The van der Waals surface area contributed by atoms with Crippen LogP contribution in [0.3, 0.4) is 0 Å². The van der Waals surface area contributed by atoms with Gasteiger partial charge in [-0.25, -0.2) is 4.79 Å². The molecule has 1 unspecified atom stereocenters. The molecule has 0 aliphatic heterocycles. The van der Waals surface area contributed by atoms with Gasteiger partial charge < -0.3 is 14.6 Å². The number of benzene rings is 1. The van der Waals surface area contributed by atoms with Crippen molar-refractivity contribution >= 4 is 6.16 Å². The highest BCUT2D eigenvalue weighted by molar-refractivity contribution is 5.56. The van der Waals surface area contributed by atoms with Crippen LogP contribution in [-0.4, -0.2) is 24.5 Å². The zero-order valence-electron chi connectivity index (χ0n) is 12.0. The van der Waals surface area contributed by atoms with Crippen LogP contribution in [0.25, 0.3) is 0 Å². The van der Waals surface area contributed by atoms with E-state index < -0.39 is 6.16 Å². The summed E-state index contributed by atoms with van der Waals surface area (Å²) in [5.41, 5.74) is 1.15. The van der Waals surface area contributed by atoms with Gasteiger partial charge in [0, 0.05) is 12.5 Å². The highest BCUT2D eigenvalue weighted by Crippen LogP contribution is 2.12. The Bertz CT molecular complexity index is 441. The van der Waals surface area contributed by atoms with E-state index in [1.165, 1.54) is 0 Å². The highest BCUT2D eigenvalue weighted by atomic mass is 16.7. The summed E-state index contributed by atoms with van der Waals surface area (Å²) in [6.07, 6.45) is 1.69. The van der Waals surface area contributed by atoms with E-state index in [4.69, 9.17) is 15.1 Å². The minimum atomic E-state index is -1.29. The Hall–Kier alpha value is -2.06. The third-order valence-corrected chi connectivity index (χ3v) is 3.08. The lowest BCUT2D eigenvalue weighted by Crippen LogP contribution is -2.07. The van der Waals surface area contributed by atoms with Crippen molar-refractivity contribution in [3.05, 3.63) is 35.9 Å². The first-order valence-electron chi connectivity index (χ1n) is 7.09. The summed E-state index contributed by atoms with van der Waals surface area (Å²) >= 11 is 0. The zero-order chi connectivity index (χ0) is 15.3. The first kappa shape index (κ1) is 17.0. The van der Waals surface area contributed by atoms with Gasteiger partial charge in [0.05, 0.1) is 19.3 Å². The third kappa shape index (κ3) is 8.66. The van der Waals surface area contributed by atoms with Crippen molar-refractivity contribution in [2.24, 2.45) is 5.92 Å². The van der Waals surface area contributed by atoms with Crippen LogP contribution in [0.5, 0.6) is 0 Å². The van der Waals surface area contributed by atoms with Gasteiger partial charge in [0.15, 0.2) is 0 Å². The molecular formula is C16H21NO4. The maximum atomic E-state index is 10.2. The number of rotatable bonds is 10. The Morgan fingerprint density at radius 1 is 1.19 bits per heavy atom. The molecule has 0 heterocycles. The zero-order valence-corrected chi connectivity index (χ0v) is 12.0. The van der Waals surface area contributed by atoms with Crippen LogP contribution in [0, 0.1) is 17.2 Å². The predicted molar refractivity (Wildman–Crippen MR) is 77.6 cm³/mol. The van der Waals surface area contributed by atoms with Crippen LogP contribution in [0.15, 0.2) is 30.3 Å². The smallest absolute Gasteiger partial charge is 0.450 e. The van der Waals surface area contributed by atoms with E-state index in [0.29, 0.717) is 19.6 Å². The molecule has 0 fully saturated rings. The largest absolute Gasteiger partial charge is 0.505 e. The molecule has 0 spiro atoms. The Kier molecular flexibility index (Phi) is 8.65. The number of carbonyl (C=O) groups is 1. The van der Waals surface area contributed by atoms with E-state index >= 15 is 0 Å². The van der Waals surface area contributed by atoms with Crippen LogP contribution < -0.4 is 0 Å². The van der Waals surface area contributed by atoms with Gasteiger partial charge in [0.25, 0.3) is 0 Å². The van der Waals surface area contributed by atoms with Crippen LogP contribution in [0.1, 0.15) is 31.2 Å². The molecular weight excluding hydrogens is 270 g/mol. The molecule has 0 amide bonds. The second kappa shape index (κ2) is 10.7. The fourth-order valence-electron chi connectivity index (χ4n) is 1.92. The lowest BCUT2D eigenvalue weighted by atomic mass is 10.0. The normalized spacial score (nSPS) is 11.6. The van der Waals surface area contributed by atoms with Crippen LogP contribution in [-0.2, 0) is 16.1 Å². The predicted octanol–water partition coefficient (Wildman–Crippen LogP) is 3.60. The first-order valence-corrected chi connectivity index (χ1v) is 7.09. The summed E-state index contributed by atoms with van der Waals surface area (Å²) in [4.78, 5) is 10.2. The molecule has 1 N–H and O–H groups in total. The molecule has 0 aliphatic carbocycles. The van der Waals surface area contributed by atoms with Crippen molar-refractivity contribution in [1.82, 2.24) is 0 Å². The van der Waals surface area contributed by atoms with Gasteiger partial charge in [-0.2, -0.15) is 5.26 Å². The molecule has 0 radical (unpaired) electrons. The van der Waals surface area contributed by atoms with Gasteiger partial charge in [-0.1, -0.05) is 30.3 Å². The summed E-state index contributed by atoms with van der Waals surface area (Å²) in [5.74, 6) is -0.154. The molecule has 0 aliphatic rings. The summed E-state index contributed by atoms with van der Waals surface area (Å²) in [5, 5.41) is 17.3. The maximum Gasteiger partial charge on any atom is 0.505 e. The van der Waals surface area contributed by atoms with Gasteiger partial charge in [0.1, 0.15) is 0 Å². The second-order valence-electron chi connectivity index (χ2n) is 4.76. The number of carboxylic acid groups (broad SMARTS) is 1. The lowest BCUT2D eigenvalue weighted by molar-refractivity contribution is 0.0874. The number of ether oxygens (including phenoxy) is 2. The number of nitriles is 1. The molecule has 0 aromatic heterocycles. The molecule has 1 aromatic rings. The molecule has 0 saturated heterocycles. The van der Waals surface area contributed by atoms with E-state index in [1.807, 2.05) is 30.3 Å². The SMILES string of the molecule is N#CC(CCCCOCc1ccccc1)CCOC(=O)O. The lowest BCUT2D eigenvalue weighted by Gasteiger charge is -2.08. The minimum Gasteiger partial charge on any atom is -0.450 e. The van der Waals surface area contributed by atoms with Gasteiger partial charge in [-0.15, -0.1) is 0 Å². The van der Waals surface area contributed by atoms with E-state index in [-0.39, 0.29) is 12.5 Å². The molecule has 114 valence electrons. The Morgan fingerprint density at radius 2 is 1.95 bits per heavy atom. The van der Waals surface area contributed by atoms with Crippen LogP contribution >= 0.6 is 0 Å². The Labute approximate surface area is 125 Å². The number of hydrogen-bond donors (Lipinski definition) is 1. The Morgan fingerprint density at radius 3 is 2.62 bits per heavy atom. The van der Waals surface area contributed by atoms with Crippen LogP contribution in [0.4, 0.5) is 4.79 Å². The van der Waals surface area contributed by atoms with E-state index in [9.17, 15) is 4.79 Å². The molecule has 1 aromatic carbocycles. The highest BCUT2D eigenvalue weighted by Gasteiger charge is 2.08. The van der Waals surface area contributed by atoms with Gasteiger partial charge in [-0.3, -0.25) is 0 Å². The molecule has 0 saturated carbocycles. The monoisotopic (exact) mass is 291 g/mol. The summed E-state index contributed by atoms with van der Waals surface area (Å²) in [6, 6.07) is 12.2. The molecule has 1 rings (SSSR count). The average molecular weight is 291 g/mol. The first-order chi connectivity index (χ1) is 10.2. The van der Waals surface area contributed by atoms with Gasteiger partial charge >= 0.3 is 6.16 Å². The molecule has 21 heavy (non-hydrogen) atoms. The average Bonchev–Trinajstić information content (AvgIpc) is 2.49. The number of nitrogens with zero attached hydrogens (tertiary/aromatic N) is 1. The third-order valence-electron chi connectivity index (χ3n) is 3.08. The molecule has 5 heteroatoms. The Balaban J connectivity index is 2.02. The van der Waals surface area contributed by atoms with Crippen molar-refractivity contribution < 1.29 is 19.4 Å². The fourth-order valence-corrected chi connectivity index (χ4v) is 1.92. The summed E-state index contributed by atoms with van der Waals surface area (Å²) < 4.78 is 9.97. The summed E-state index contributed by atoms with van der Waals surface area (Å²) in [7, 11) is 0. The molecule has 5 nitrogen and oxygen atoms in total. The minimum absolute atomic E-state index is 0.0814. The second-order valence-corrected chi connectivity index (χ2v) is 4.76.